The Kier molecular flexibility index (Phi) is 7.05. The highest BCUT2D eigenvalue weighted by Crippen LogP contribution is 2.32. The number of carbonyl (C=O) groups is 2. The number of hydrogen-bond donors (Lipinski definition) is 0. The van der Waals surface area contributed by atoms with Crippen molar-refractivity contribution in [3.8, 4) is 11.3 Å². The molecule has 5 heterocycles. The summed E-state index contributed by atoms with van der Waals surface area (Å²) in [6.45, 7) is 1.03. The van der Waals surface area contributed by atoms with Crippen LogP contribution in [-0.4, -0.2) is 93.2 Å². The Morgan fingerprint density at radius 3 is 2.59 bits per heavy atom. The highest BCUT2D eigenvalue weighted by Gasteiger charge is 2.31. The molecule has 0 N–H and O–H groups in total. The number of fused-ring (bicyclic) bond motifs is 3. The molecule has 13 heteroatoms. The van der Waals surface area contributed by atoms with E-state index in [1.165, 1.54) is 10.6 Å². The van der Waals surface area contributed by atoms with E-state index in [0.29, 0.717) is 43.7 Å². The molecule has 2 aliphatic heterocycles. The summed E-state index contributed by atoms with van der Waals surface area (Å²) in [5.74, 6) is 0.417. The molecule has 1 fully saturated rings. The minimum Gasteiger partial charge on any atom is -0.339 e. The molecule has 0 spiro atoms. The van der Waals surface area contributed by atoms with Crippen LogP contribution in [0.1, 0.15) is 23.4 Å². The van der Waals surface area contributed by atoms with Crippen LogP contribution in [-0.2, 0) is 32.5 Å². The van der Waals surface area contributed by atoms with Crippen molar-refractivity contribution in [1.29, 1.82) is 0 Å². The van der Waals surface area contributed by atoms with Crippen molar-refractivity contribution < 1.29 is 18.0 Å². The Balaban J connectivity index is 1.11. The van der Waals surface area contributed by atoms with E-state index in [1.54, 1.807) is 20.5 Å². The molecule has 2 aromatic carbocycles. The van der Waals surface area contributed by atoms with Crippen molar-refractivity contribution >= 4 is 44.1 Å². The Morgan fingerprint density at radius 2 is 1.77 bits per heavy atom. The van der Waals surface area contributed by atoms with Gasteiger partial charge in [-0.25, -0.2) is 8.42 Å². The lowest BCUT2D eigenvalue weighted by Gasteiger charge is -2.35. The van der Waals surface area contributed by atoms with E-state index in [2.05, 4.69) is 21.2 Å². The quantitative estimate of drug-likeness (QED) is 0.286. The number of pyridine rings is 1. The van der Waals surface area contributed by atoms with Crippen LogP contribution in [0.5, 0.6) is 0 Å². The maximum atomic E-state index is 13.1. The summed E-state index contributed by atoms with van der Waals surface area (Å²) in [5.41, 5.74) is 5.98. The first-order valence-corrected chi connectivity index (χ1v) is 16.3. The van der Waals surface area contributed by atoms with Gasteiger partial charge in [-0.2, -0.15) is 13.9 Å². The number of amides is 2. The first-order valence-electron chi connectivity index (χ1n) is 14.4. The lowest BCUT2D eigenvalue weighted by atomic mass is 9.97. The monoisotopic (exact) mass is 610 g/mol. The molecular weight excluding hydrogens is 580 g/mol. The zero-order chi connectivity index (χ0) is 30.4. The number of rotatable bonds is 6. The number of aryl methyl sites for hydroxylation is 1. The third kappa shape index (κ3) is 5.40. The fourth-order valence-corrected chi connectivity index (χ4v) is 6.74. The number of hydrogen-bond acceptors (Lipinski definition) is 8. The number of benzene rings is 2. The van der Waals surface area contributed by atoms with Gasteiger partial charge in [-0.1, -0.05) is 18.2 Å². The number of carbonyl (C=O) groups excluding carboxylic acids is 2. The molecule has 0 saturated carbocycles. The lowest BCUT2D eigenvalue weighted by molar-refractivity contribution is -0.132. The van der Waals surface area contributed by atoms with Crippen LogP contribution in [0.25, 0.3) is 27.8 Å². The Hall–Kier alpha value is -4.75. The summed E-state index contributed by atoms with van der Waals surface area (Å²) in [6, 6.07) is 19.7. The van der Waals surface area contributed by atoms with Crippen molar-refractivity contribution in [3.05, 3.63) is 83.8 Å². The van der Waals surface area contributed by atoms with Crippen molar-refractivity contribution in [3.63, 3.8) is 0 Å². The lowest BCUT2D eigenvalue weighted by Crippen LogP contribution is -2.53. The highest BCUT2D eigenvalue weighted by atomic mass is 32.2. The predicted octanol–water partition coefficient (Wildman–Crippen LogP) is 2.31. The SMILES string of the molecule is CS(=O)(=O)N1CCN(C(=O)CN2C(=O)CCc3cc(-c4ccc5nnc(Cc6ccc7ncccc7c6)n5n4)ccc32)CC1. The number of piperazine rings is 1. The molecule has 0 atom stereocenters. The van der Waals surface area contributed by atoms with E-state index in [-0.39, 0.29) is 31.4 Å². The van der Waals surface area contributed by atoms with Crippen LogP contribution >= 0.6 is 0 Å². The minimum atomic E-state index is -3.30. The van der Waals surface area contributed by atoms with Gasteiger partial charge in [0.25, 0.3) is 0 Å². The van der Waals surface area contributed by atoms with Gasteiger partial charge in [0.05, 0.1) is 17.5 Å². The second kappa shape index (κ2) is 11.1. The van der Waals surface area contributed by atoms with Crippen LogP contribution in [0.15, 0.2) is 66.9 Å². The topological polar surface area (TPSA) is 134 Å². The number of aromatic nitrogens is 5. The molecule has 0 aliphatic carbocycles. The van der Waals surface area contributed by atoms with E-state index in [0.717, 1.165) is 39.1 Å². The molecule has 12 nitrogen and oxygen atoms in total. The van der Waals surface area contributed by atoms with Gasteiger partial charge in [0.15, 0.2) is 11.5 Å². The molecule has 224 valence electrons. The summed E-state index contributed by atoms with van der Waals surface area (Å²) in [7, 11) is -3.30. The number of anilines is 1. The molecule has 0 radical (unpaired) electrons. The van der Waals surface area contributed by atoms with Gasteiger partial charge in [0, 0.05) is 61.9 Å². The van der Waals surface area contributed by atoms with Crippen molar-refractivity contribution in [2.24, 2.45) is 0 Å². The van der Waals surface area contributed by atoms with Crippen molar-refractivity contribution in [1.82, 2.24) is 34.0 Å². The van der Waals surface area contributed by atoms with Crippen LogP contribution in [0.4, 0.5) is 5.69 Å². The van der Waals surface area contributed by atoms with Gasteiger partial charge in [0.1, 0.15) is 6.54 Å². The molecule has 1 saturated heterocycles. The molecule has 7 rings (SSSR count). The standard InChI is InChI=1S/C31H30N8O4S/c1-44(42,43)37-15-13-36(14-16-37)31(41)20-38-27-9-5-23(19-24(27)6-11-30(38)40)26-8-10-28-33-34-29(39(28)35-26)18-21-4-7-25-22(17-21)3-2-12-32-25/h2-5,7-10,12,17,19H,6,11,13-16,18,20H2,1H3. The van der Waals surface area contributed by atoms with Gasteiger partial charge >= 0.3 is 0 Å². The fourth-order valence-electron chi connectivity index (χ4n) is 5.91. The van der Waals surface area contributed by atoms with Crippen LogP contribution in [0.3, 0.4) is 0 Å². The van der Waals surface area contributed by atoms with Gasteiger partial charge < -0.3 is 9.80 Å². The molecule has 0 bridgehead atoms. The average molecular weight is 611 g/mol. The Bertz CT molecular complexity index is 2040. The normalized spacial score (nSPS) is 16.1. The molecular formula is C31H30N8O4S. The summed E-state index contributed by atoms with van der Waals surface area (Å²) < 4.78 is 26.8. The Labute approximate surface area is 254 Å². The van der Waals surface area contributed by atoms with Gasteiger partial charge in [-0.05, 0) is 60.0 Å². The number of sulfonamides is 1. The summed E-state index contributed by atoms with van der Waals surface area (Å²) in [5, 5.41) is 14.6. The Morgan fingerprint density at radius 1 is 0.932 bits per heavy atom. The summed E-state index contributed by atoms with van der Waals surface area (Å²) in [6.07, 6.45) is 4.38. The van der Waals surface area contributed by atoms with Crippen molar-refractivity contribution in [2.45, 2.75) is 19.3 Å². The second-order valence-corrected chi connectivity index (χ2v) is 13.2. The maximum absolute atomic E-state index is 13.1. The van der Waals surface area contributed by atoms with Crippen LogP contribution in [0, 0.1) is 0 Å². The van der Waals surface area contributed by atoms with Gasteiger partial charge in [0.2, 0.25) is 21.8 Å². The number of nitrogens with zero attached hydrogens (tertiary/aromatic N) is 8. The van der Waals surface area contributed by atoms with E-state index in [4.69, 9.17) is 5.10 Å². The zero-order valence-electron chi connectivity index (χ0n) is 24.1. The zero-order valence-corrected chi connectivity index (χ0v) is 24.9. The van der Waals surface area contributed by atoms with E-state index >= 15 is 0 Å². The average Bonchev–Trinajstić information content (AvgIpc) is 3.43. The van der Waals surface area contributed by atoms with E-state index in [1.807, 2.05) is 54.6 Å². The summed E-state index contributed by atoms with van der Waals surface area (Å²) >= 11 is 0. The fraction of sp³-hybridized carbons (Fsp3) is 0.290. The largest absolute Gasteiger partial charge is 0.339 e. The smallest absolute Gasteiger partial charge is 0.242 e. The van der Waals surface area contributed by atoms with Gasteiger partial charge in [-0.15, -0.1) is 10.2 Å². The van der Waals surface area contributed by atoms with E-state index in [9.17, 15) is 18.0 Å². The molecule has 0 unspecified atom stereocenters. The third-order valence-corrected chi connectivity index (χ3v) is 9.59. The van der Waals surface area contributed by atoms with Crippen molar-refractivity contribution in [2.75, 3.05) is 43.9 Å². The molecule has 44 heavy (non-hydrogen) atoms. The predicted molar refractivity (Wildman–Crippen MR) is 164 cm³/mol. The maximum Gasteiger partial charge on any atom is 0.242 e. The molecule has 5 aromatic rings. The highest BCUT2D eigenvalue weighted by molar-refractivity contribution is 7.88. The third-order valence-electron chi connectivity index (χ3n) is 8.29. The van der Waals surface area contributed by atoms with Crippen LogP contribution in [0.2, 0.25) is 0 Å². The van der Waals surface area contributed by atoms with E-state index < -0.39 is 10.0 Å². The second-order valence-electron chi connectivity index (χ2n) is 11.2. The molecule has 3 aromatic heterocycles. The van der Waals surface area contributed by atoms with Crippen LogP contribution < -0.4 is 4.90 Å². The molecule has 2 aliphatic rings. The minimum absolute atomic E-state index is 0.0802. The molecule has 2 amide bonds. The first kappa shape index (κ1) is 28.0. The van der Waals surface area contributed by atoms with Gasteiger partial charge in [-0.3, -0.25) is 14.6 Å². The summed E-state index contributed by atoms with van der Waals surface area (Å²) in [4.78, 5) is 33.6. The first-order chi connectivity index (χ1) is 21.2.